The topological polar surface area (TPSA) is 43.1 Å². The molecule has 3 nitrogen and oxygen atoms in total. The minimum Gasteiger partial charge on any atom is -0.258 e. The number of nitrogens with zero attached hydrogens (tertiary/aromatic N) is 1. The van der Waals surface area contributed by atoms with Crippen LogP contribution < -0.4 is 0 Å². The lowest BCUT2D eigenvalue weighted by molar-refractivity contribution is -0.384. The first kappa shape index (κ1) is 10.1. The lowest BCUT2D eigenvalue weighted by atomic mass is 10.2. The van der Waals surface area contributed by atoms with Crippen LogP contribution in [0.5, 0.6) is 0 Å². The lowest BCUT2D eigenvalue weighted by Crippen LogP contribution is -1.87. The van der Waals surface area contributed by atoms with E-state index in [-0.39, 0.29) is 5.69 Å². The first-order valence-corrected chi connectivity index (χ1v) is 4.39. The highest BCUT2D eigenvalue weighted by Gasteiger charge is 2.04. The highest BCUT2D eigenvalue weighted by atomic mass is 32.1. The number of nitro groups is 1. The van der Waals surface area contributed by atoms with Gasteiger partial charge in [-0.3, -0.25) is 10.1 Å². The minimum absolute atomic E-state index is 0.0732. The molecule has 0 aliphatic carbocycles. The van der Waals surface area contributed by atoms with Gasteiger partial charge in [0.2, 0.25) is 0 Å². The maximum absolute atomic E-state index is 10.3. The van der Waals surface area contributed by atoms with Gasteiger partial charge in [-0.25, -0.2) is 0 Å². The molecular weight excluding hydrogens is 206 g/mol. The summed E-state index contributed by atoms with van der Waals surface area (Å²) in [4.78, 5) is 10.5. The summed E-state index contributed by atoms with van der Waals surface area (Å²) >= 11 is 8.04. The van der Waals surface area contributed by atoms with Crippen LogP contribution in [0.1, 0.15) is 5.56 Å². The Balaban J connectivity index is 3.00. The van der Waals surface area contributed by atoms with Crippen LogP contribution in [0.25, 0.3) is 4.91 Å². The smallest absolute Gasteiger partial charge is 0.258 e. The summed E-state index contributed by atoms with van der Waals surface area (Å²) in [5.41, 5.74) is 0.882. The molecule has 0 aromatic heterocycles. The van der Waals surface area contributed by atoms with Crippen LogP contribution in [0, 0.1) is 10.1 Å². The second kappa shape index (κ2) is 4.34. The molecule has 1 rings (SSSR count). The van der Waals surface area contributed by atoms with Crippen molar-refractivity contribution in [3.63, 3.8) is 0 Å². The lowest BCUT2D eigenvalue weighted by Gasteiger charge is -1.97. The molecule has 13 heavy (non-hydrogen) atoms. The van der Waals surface area contributed by atoms with Crippen LogP contribution in [-0.2, 0) is 0 Å². The predicted octanol–water partition coefficient (Wildman–Crippen LogP) is 2.75. The van der Waals surface area contributed by atoms with Crippen molar-refractivity contribution in [2.75, 3.05) is 0 Å². The van der Waals surface area contributed by atoms with Crippen molar-refractivity contribution in [2.45, 2.75) is 0 Å². The molecule has 68 valence electrons. The third-order valence-electron chi connectivity index (χ3n) is 1.50. The zero-order valence-corrected chi connectivity index (χ0v) is 8.33. The van der Waals surface area contributed by atoms with Gasteiger partial charge in [-0.2, -0.15) is 12.6 Å². The molecular formula is C8H7NO2S2. The summed E-state index contributed by atoms with van der Waals surface area (Å²) in [6.07, 6.45) is 0. The summed E-state index contributed by atoms with van der Waals surface area (Å²) in [5.74, 6) is 0. The van der Waals surface area contributed by atoms with Crippen LogP contribution in [0.2, 0.25) is 0 Å². The van der Waals surface area contributed by atoms with Crippen LogP contribution in [0.3, 0.4) is 0 Å². The van der Waals surface area contributed by atoms with Crippen molar-refractivity contribution in [1.82, 2.24) is 0 Å². The van der Waals surface area contributed by atoms with Gasteiger partial charge in [-0.1, -0.05) is 0 Å². The number of thiol groups is 2. The molecule has 0 bridgehead atoms. The molecule has 0 spiro atoms. The van der Waals surface area contributed by atoms with Crippen LogP contribution >= 0.6 is 25.3 Å². The van der Waals surface area contributed by atoms with E-state index in [0.717, 1.165) is 5.56 Å². The van der Waals surface area contributed by atoms with E-state index in [1.807, 2.05) is 0 Å². The predicted molar refractivity (Wildman–Crippen MR) is 59.0 cm³/mol. The largest absolute Gasteiger partial charge is 0.269 e. The molecule has 0 N–H and O–H groups in total. The van der Waals surface area contributed by atoms with Gasteiger partial charge in [0.25, 0.3) is 5.69 Å². The molecule has 1 aromatic carbocycles. The van der Waals surface area contributed by atoms with Gasteiger partial charge >= 0.3 is 0 Å². The van der Waals surface area contributed by atoms with Crippen molar-refractivity contribution in [3.8, 4) is 0 Å². The number of benzene rings is 1. The second-order valence-corrected chi connectivity index (χ2v) is 3.06. The Morgan fingerprint density at radius 1 is 1.38 bits per heavy atom. The van der Waals surface area contributed by atoms with E-state index >= 15 is 0 Å². The van der Waals surface area contributed by atoms with Gasteiger partial charge in [-0.05, 0) is 23.1 Å². The van der Waals surface area contributed by atoms with E-state index in [4.69, 9.17) is 0 Å². The van der Waals surface area contributed by atoms with Crippen molar-refractivity contribution >= 4 is 35.9 Å². The average molecular weight is 213 g/mol. The van der Waals surface area contributed by atoms with E-state index in [0.29, 0.717) is 4.91 Å². The second-order valence-electron chi connectivity index (χ2n) is 2.32. The van der Waals surface area contributed by atoms with Gasteiger partial charge in [0, 0.05) is 17.0 Å². The van der Waals surface area contributed by atoms with Crippen LogP contribution in [0.4, 0.5) is 5.69 Å². The number of nitro benzene ring substituents is 1. The van der Waals surface area contributed by atoms with E-state index in [1.54, 1.807) is 12.1 Å². The molecule has 5 heteroatoms. The van der Waals surface area contributed by atoms with E-state index in [2.05, 4.69) is 25.3 Å². The SMILES string of the molecule is O=[N+]([O-])c1ccc(/C(S)=C/S)cc1. The molecule has 0 saturated carbocycles. The van der Waals surface area contributed by atoms with E-state index in [9.17, 15) is 10.1 Å². The first-order chi connectivity index (χ1) is 6.15. The van der Waals surface area contributed by atoms with Gasteiger partial charge in [0.1, 0.15) is 0 Å². The molecule has 0 aliphatic rings. The molecule has 0 aliphatic heterocycles. The Morgan fingerprint density at radius 3 is 2.31 bits per heavy atom. The Labute approximate surface area is 86.4 Å². The highest BCUT2D eigenvalue weighted by Crippen LogP contribution is 2.21. The van der Waals surface area contributed by atoms with E-state index < -0.39 is 4.92 Å². The van der Waals surface area contributed by atoms with Crippen LogP contribution in [0.15, 0.2) is 29.7 Å². The summed E-state index contributed by atoms with van der Waals surface area (Å²) in [7, 11) is 0. The molecule has 0 unspecified atom stereocenters. The normalized spacial score (nSPS) is 11.4. The maximum atomic E-state index is 10.3. The van der Waals surface area contributed by atoms with Crippen LogP contribution in [-0.4, -0.2) is 4.92 Å². The van der Waals surface area contributed by atoms with Crippen molar-refractivity contribution in [1.29, 1.82) is 0 Å². The van der Waals surface area contributed by atoms with Gasteiger partial charge < -0.3 is 0 Å². The average Bonchev–Trinajstić information content (AvgIpc) is 2.17. The van der Waals surface area contributed by atoms with Gasteiger partial charge in [-0.15, -0.1) is 12.6 Å². The Kier molecular flexibility index (Phi) is 3.39. The fraction of sp³-hybridized carbons (Fsp3) is 0. The number of hydrogen-bond acceptors (Lipinski definition) is 4. The van der Waals surface area contributed by atoms with Gasteiger partial charge in [0.15, 0.2) is 0 Å². The third kappa shape index (κ3) is 2.50. The number of rotatable bonds is 2. The molecule has 0 saturated heterocycles. The molecule has 0 atom stereocenters. The summed E-state index contributed by atoms with van der Waals surface area (Å²) in [5, 5.41) is 11.8. The molecule has 1 aromatic rings. The Morgan fingerprint density at radius 2 is 1.92 bits per heavy atom. The zero-order valence-electron chi connectivity index (χ0n) is 6.54. The molecule has 0 heterocycles. The zero-order chi connectivity index (χ0) is 9.84. The van der Waals surface area contributed by atoms with E-state index in [1.165, 1.54) is 17.5 Å². The van der Waals surface area contributed by atoms with Crippen molar-refractivity contribution in [2.24, 2.45) is 0 Å². The summed E-state index contributed by atoms with van der Waals surface area (Å²) in [6.45, 7) is 0. The fourth-order valence-corrected chi connectivity index (χ4v) is 1.13. The fourth-order valence-electron chi connectivity index (χ4n) is 0.828. The van der Waals surface area contributed by atoms with Gasteiger partial charge in [0.05, 0.1) is 4.92 Å². The summed E-state index contributed by atoms with van der Waals surface area (Å²) < 4.78 is 0. The maximum Gasteiger partial charge on any atom is 0.269 e. The van der Waals surface area contributed by atoms with Crippen molar-refractivity contribution < 1.29 is 4.92 Å². The standard InChI is InChI=1S/C8H7NO2S2/c10-9(11)7-3-1-6(2-4-7)8(13)5-12/h1-5,12-13H/b8-5-. The molecule has 0 radical (unpaired) electrons. The molecule has 0 amide bonds. The Bertz CT molecular complexity index is 346. The Hall–Kier alpha value is -0.940. The monoisotopic (exact) mass is 213 g/mol. The third-order valence-corrected chi connectivity index (χ3v) is 2.35. The number of hydrogen-bond donors (Lipinski definition) is 2. The highest BCUT2D eigenvalue weighted by molar-refractivity contribution is 7.92. The minimum atomic E-state index is -0.438. The first-order valence-electron chi connectivity index (χ1n) is 3.43. The number of non-ortho nitro benzene ring substituents is 1. The summed E-state index contributed by atoms with van der Waals surface area (Å²) in [6, 6.07) is 6.13. The molecule has 0 fully saturated rings. The van der Waals surface area contributed by atoms with Crippen molar-refractivity contribution in [3.05, 3.63) is 45.4 Å². The quantitative estimate of drug-likeness (QED) is 0.450.